The molecule has 0 saturated carbocycles. The zero-order valence-electron chi connectivity index (χ0n) is 5.96. The molecule has 0 aromatic carbocycles. The van der Waals surface area contributed by atoms with Crippen molar-refractivity contribution < 1.29 is 9.15 Å². The van der Waals surface area contributed by atoms with Gasteiger partial charge in [0.2, 0.25) is 5.41 Å². The molecule has 0 bridgehead atoms. The number of hydrogen-bond acceptors (Lipinski definition) is 0. The van der Waals surface area contributed by atoms with E-state index >= 15 is 0 Å². The fourth-order valence-electron chi connectivity index (χ4n) is 1.92. The molecular weight excluding hydrogens is 112 g/mol. The van der Waals surface area contributed by atoms with Crippen molar-refractivity contribution in [2.75, 3.05) is 27.2 Å². The van der Waals surface area contributed by atoms with Gasteiger partial charge >= 0.3 is 0 Å². The molecule has 1 spiro atoms. The molecule has 0 unspecified atom stereocenters. The Morgan fingerprint density at radius 2 is 1.44 bits per heavy atom. The van der Waals surface area contributed by atoms with Gasteiger partial charge in [0.25, 0.3) is 0 Å². The van der Waals surface area contributed by atoms with Gasteiger partial charge < -0.3 is 0 Å². The van der Waals surface area contributed by atoms with Crippen molar-refractivity contribution in [2.45, 2.75) is 0 Å². The van der Waals surface area contributed by atoms with Crippen LogP contribution in [0.5, 0.6) is 0 Å². The Bertz CT molecular complexity index is 189. The first-order valence-electron chi connectivity index (χ1n) is 3.33. The minimum Gasteiger partial charge on any atom is -0.239 e. The average molecular weight is 124 g/mol. The quantitative estimate of drug-likeness (QED) is 0.381. The molecule has 0 aliphatic carbocycles. The van der Waals surface area contributed by atoms with Crippen LogP contribution < -0.4 is 0 Å². The molecule has 0 aromatic rings. The summed E-state index contributed by atoms with van der Waals surface area (Å²) in [4.78, 5) is 0. The van der Waals surface area contributed by atoms with Crippen LogP contribution in [0.2, 0.25) is 0 Å². The summed E-state index contributed by atoms with van der Waals surface area (Å²) in [7, 11) is 4.24. The zero-order valence-corrected chi connectivity index (χ0v) is 5.96. The normalized spacial score (nSPS) is 28.2. The van der Waals surface area contributed by atoms with Gasteiger partial charge in [-0.2, -0.15) is 0 Å². The lowest BCUT2D eigenvalue weighted by Gasteiger charge is -2.30. The highest BCUT2D eigenvalue weighted by Crippen LogP contribution is 2.24. The first-order chi connectivity index (χ1) is 4.20. The summed E-state index contributed by atoms with van der Waals surface area (Å²) in [6.07, 6.45) is 4.60. The largest absolute Gasteiger partial charge is 0.239 e. The maximum absolute atomic E-state index is 2.30. The lowest BCUT2D eigenvalue weighted by molar-refractivity contribution is -0.598. The number of rotatable bonds is 0. The van der Waals surface area contributed by atoms with E-state index in [4.69, 9.17) is 0 Å². The van der Waals surface area contributed by atoms with Crippen molar-refractivity contribution in [1.82, 2.24) is 0 Å². The molecule has 2 nitrogen and oxygen atoms in total. The van der Waals surface area contributed by atoms with Crippen LogP contribution in [0.3, 0.4) is 0 Å². The summed E-state index contributed by atoms with van der Waals surface area (Å²) in [6.45, 7) is 2.44. The Kier molecular flexibility index (Phi) is 0.718. The van der Waals surface area contributed by atoms with Crippen molar-refractivity contribution in [3.8, 4) is 0 Å². The second kappa shape index (κ2) is 1.25. The molecule has 0 radical (unpaired) electrons. The molecular formula is C7H12N2+2. The molecule has 2 heterocycles. The van der Waals surface area contributed by atoms with Gasteiger partial charge in [0.15, 0.2) is 25.5 Å². The predicted octanol–water partition coefficient (Wildman–Crippen LogP) is -0.574. The molecule has 0 N–H and O–H groups in total. The molecule has 48 valence electrons. The Labute approximate surface area is 55.1 Å². The van der Waals surface area contributed by atoms with Crippen LogP contribution in [0.1, 0.15) is 0 Å². The third kappa shape index (κ3) is 0.560. The molecule has 0 fully saturated rings. The van der Waals surface area contributed by atoms with E-state index in [9.17, 15) is 0 Å². The standard InChI is InChI=1S/C7H12N2/c1-8-3-7(4-8)5-9(2)6-7/h3,5H,4,6H2,1-2H3/q+2. The first kappa shape index (κ1) is 5.15. The topological polar surface area (TPSA) is 6.02 Å². The summed E-state index contributed by atoms with van der Waals surface area (Å²) in [6, 6.07) is 0. The molecule has 0 amide bonds. The van der Waals surface area contributed by atoms with E-state index in [0.29, 0.717) is 5.41 Å². The van der Waals surface area contributed by atoms with Crippen LogP contribution in [-0.4, -0.2) is 48.8 Å². The van der Waals surface area contributed by atoms with Gasteiger partial charge in [-0.1, -0.05) is 0 Å². The van der Waals surface area contributed by atoms with Crippen LogP contribution in [0.4, 0.5) is 0 Å². The van der Waals surface area contributed by atoms with Crippen molar-refractivity contribution in [1.29, 1.82) is 0 Å². The molecule has 2 aliphatic rings. The second-order valence-electron chi connectivity index (χ2n) is 3.32. The summed E-state index contributed by atoms with van der Waals surface area (Å²) >= 11 is 0. The van der Waals surface area contributed by atoms with Crippen molar-refractivity contribution >= 4 is 12.4 Å². The fourth-order valence-corrected chi connectivity index (χ4v) is 1.92. The van der Waals surface area contributed by atoms with Crippen LogP contribution in [-0.2, 0) is 0 Å². The number of nitrogens with zero attached hydrogens (tertiary/aromatic N) is 2. The van der Waals surface area contributed by atoms with Crippen LogP contribution >= 0.6 is 0 Å². The molecule has 2 aliphatic heterocycles. The van der Waals surface area contributed by atoms with Gasteiger partial charge in [0, 0.05) is 0 Å². The van der Waals surface area contributed by atoms with E-state index < -0.39 is 0 Å². The lowest BCUT2D eigenvalue weighted by atomic mass is 9.81. The summed E-state index contributed by atoms with van der Waals surface area (Å²) in [5.41, 5.74) is 0.490. The Morgan fingerprint density at radius 1 is 1.11 bits per heavy atom. The smallest absolute Gasteiger partial charge is 0.238 e. The molecule has 2 heteroatoms. The Hall–Kier alpha value is -0.660. The minimum absolute atomic E-state index is 0.490. The highest BCUT2D eigenvalue weighted by atomic mass is 15.1. The summed E-state index contributed by atoms with van der Waals surface area (Å²) < 4.78 is 4.48. The van der Waals surface area contributed by atoms with Gasteiger partial charge in [0.1, 0.15) is 14.1 Å². The SMILES string of the molecule is C[N+]1=CC2(C=[N+](C)C2)C1. The second-order valence-corrected chi connectivity index (χ2v) is 3.32. The van der Waals surface area contributed by atoms with E-state index in [0.717, 1.165) is 0 Å². The van der Waals surface area contributed by atoms with Gasteiger partial charge in [0.05, 0.1) is 0 Å². The lowest BCUT2D eigenvalue weighted by Crippen LogP contribution is -2.59. The van der Waals surface area contributed by atoms with E-state index in [-0.39, 0.29) is 0 Å². The van der Waals surface area contributed by atoms with Gasteiger partial charge in [-0.15, -0.1) is 0 Å². The van der Waals surface area contributed by atoms with Gasteiger partial charge in [-0.25, -0.2) is 9.15 Å². The van der Waals surface area contributed by atoms with Gasteiger partial charge in [-0.05, 0) is 0 Å². The first-order valence-corrected chi connectivity index (χ1v) is 3.33. The summed E-state index contributed by atoms with van der Waals surface area (Å²) in [5, 5.41) is 0. The van der Waals surface area contributed by atoms with Gasteiger partial charge in [-0.3, -0.25) is 0 Å². The van der Waals surface area contributed by atoms with E-state index in [2.05, 4.69) is 35.7 Å². The molecule has 9 heavy (non-hydrogen) atoms. The monoisotopic (exact) mass is 124 g/mol. The van der Waals surface area contributed by atoms with Crippen molar-refractivity contribution in [3.05, 3.63) is 0 Å². The van der Waals surface area contributed by atoms with Crippen molar-refractivity contribution in [2.24, 2.45) is 5.41 Å². The van der Waals surface area contributed by atoms with E-state index in [1.54, 1.807) is 0 Å². The number of hydrogen-bond donors (Lipinski definition) is 0. The van der Waals surface area contributed by atoms with Crippen LogP contribution in [0.25, 0.3) is 0 Å². The fraction of sp³-hybridized carbons (Fsp3) is 0.714. The third-order valence-electron chi connectivity index (χ3n) is 2.04. The summed E-state index contributed by atoms with van der Waals surface area (Å²) in [5.74, 6) is 0. The maximum atomic E-state index is 2.30. The molecule has 0 atom stereocenters. The molecule has 2 rings (SSSR count). The minimum atomic E-state index is 0.490. The van der Waals surface area contributed by atoms with E-state index in [1.165, 1.54) is 13.1 Å². The molecule has 0 aromatic heterocycles. The average Bonchev–Trinajstić information content (AvgIpc) is 1.58. The maximum Gasteiger partial charge on any atom is 0.238 e. The zero-order chi connectivity index (χ0) is 6.48. The highest BCUT2D eigenvalue weighted by molar-refractivity contribution is 5.89. The van der Waals surface area contributed by atoms with E-state index in [1.807, 2.05) is 0 Å². The Balaban J connectivity index is 2.20. The predicted molar refractivity (Wildman–Crippen MR) is 36.7 cm³/mol. The third-order valence-corrected chi connectivity index (χ3v) is 2.04. The Morgan fingerprint density at radius 3 is 1.67 bits per heavy atom. The molecule has 0 saturated heterocycles. The highest BCUT2D eigenvalue weighted by Gasteiger charge is 2.54. The van der Waals surface area contributed by atoms with Crippen molar-refractivity contribution in [3.63, 3.8) is 0 Å². The van der Waals surface area contributed by atoms with Crippen LogP contribution in [0, 0.1) is 5.41 Å². The van der Waals surface area contributed by atoms with Crippen LogP contribution in [0.15, 0.2) is 0 Å².